The van der Waals surface area contributed by atoms with Gasteiger partial charge in [-0.15, -0.1) is 0 Å². The number of hydrogen-bond donors (Lipinski definition) is 1. The van der Waals surface area contributed by atoms with Crippen LogP contribution in [0.3, 0.4) is 0 Å². The van der Waals surface area contributed by atoms with E-state index in [0.29, 0.717) is 5.52 Å². The first-order valence-electron chi connectivity index (χ1n) is 7.34. The Labute approximate surface area is 248 Å². The van der Waals surface area contributed by atoms with Crippen LogP contribution in [0.25, 0.3) is 21.8 Å². The SMILES string of the molecule is O=S(=O)([O-])[O-].Oc1cccc2cccnc12.[K+].[K+].c1ccc2ncccc2c1. The number of para-hydroxylation sites is 2. The van der Waals surface area contributed by atoms with Gasteiger partial charge in [-0.1, -0.05) is 42.5 Å². The van der Waals surface area contributed by atoms with Crippen LogP contribution in [0.15, 0.2) is 79.1 Å². The molecule has 0 aliphatic carbocycles. The van der Waals surface area contributed by atoms with Crippen molar-refractivity contribution in [2.75, 3.05) is 0 Å². The fourth-order valence-electron chi connectivity index (χ4n) is 2.10. The average Bonchev–Trinajstić information content (AvgIpc) is 2.62. The molecule has 2 aromatic carbocycles. The average molecular weight is 449 g/mol. The number of benzene rings is 2. The van der Waals surface area contributed by atoms with Crippen LogP contribution in [-0.2, 0) is 10.4 Å². The van der Waals surface area contributed by atoms with E-state index in [2.05, 4.69) is 22.1 Å². The van der Waals surface area contributed by atoms with Gasteiger partial charge in [0.25, 0.3) is 0 Å². The van der Waals surface area contributed by atoms with E-state index < -0.39 is 10.4 Å². The molecule has 2 heterocycles. The van der Waals surface area contributed by atoms with Crippen LogP contribution in [0, 0.1) is 0 Å². The van der Waals surface area contributed by atoms with Gasteiger partial charge in [0.2, 0.25) is 0 Å². The van der Waals surface area contributed by atoms with E-state index in [4.69, 9.17) is 17.5 Å². The first-order chi connectivity index (χ1) is 12.3. The van der Waals surface area contributed by atoms with Crippen LogP contribution >= 0.6 is 0 Å². The first-order valence-corrected chi connectivity index (χ1v) is 8.67. The number of aromatic hydroxyl groups is 1. The summed E-state index contributed by atoms with van der Waals surface area (Å²) in [5.74, 6) is 0.239. The number of fused-ring (bicyclic) bond motifs is 2. The van der Waals surface area contributed by atoms with Gasteiger partial charge in [0.1, 0.15) is 11.3 Å². The smallest absolute Gasteiger partial charge is 0.759 e. The minimum Gasteiger partial charge on any atom is -0.759 e. The van der Waals surface area contributed by atoms with Gasteiger partial charge >= 0.3 is 103 Å². The summed E-state index contributed by atoms with van der Waals surface area (Å²) in [5.41, 5.74) is 1.72. The topological polar surface area (TPSA) is 126 Å². The molecule has 2 aromatic heterocycles. The molecule has 0 saturated carbocycles. The number of pyridine rings is 2. The monoisotopic (exact) mass is 448 g/mol. The summed E-state index contributed by atoms with van der Waals surface area (Å²) >= 11 is 0. The summed E-state index contributed by atoms with van der Waals surface area (Å²) in [4.78, 5) is 8.21. The number of phenols is 1. The number of hydrogen-bond acceptors (Lipinski definition) is 7. The molecule has 0 unspecified atom stereocenters. The van der Waals surface area contributed by atoms with Gasteiger partial charge in [-0.2, -0.15) is 0 Å². The molecule has 4 aromatic rings. The number of rotatable bonds is 0. The summed E-state index contributed by atoms with van der Waals surface area (Å²) in [5, 5.41) is 11.5. The van der Waals surface area contributed by atoms with Crippen molar-refractivity contribution in [1.82, 2.24) is 9.97 Å². The van der Waals surface area contributed by atoms with E-state index in [1.54, 1.807) is 18.3 Å². The number of phenolic OH excluding ortho intramolecular Hbond substituents is 1. The van der Waals surface area contributed by atoms with Gasteiger partial charge in [0.15, 0.2) is 0 Å². The molecule has 7 nitrogen and oxygen atoms in total. The Hall–Kier alpha value is 0.203. The van der Waals surface area contributed by atoms with Gasteiger partial charge in [-0.05, 0) is 24.3 Å². The normalized spacial score (nSPS) is 9.64. The van der Waals surface area contributed by atoms with E-state index in [1.165, 1.54) is 5.39 Å². The summed E-state index contributed by atoms with van der Waals surface area (Å²) in [6, 6.07) is 21.2. The van der Waals surface area contributed by atoms with E-state index >= 15 is 0 Å². The van der Waals surface area contributed by atoms with Crippen molar-refractivity contribution in [3.63, 3.8) is 0 Å². The molecule has 0 aliphatic rings. The second-order valence-corrected chi connectivity index (χ2v) is 5.77. The Bertz CT molecular complexity index is 1030. The molecule has 0 amide bonds. The van der Waals surface area contributed by atoms with Crippen molar-refractivity contribution in [2.45, 2.75) is 0 Å². The minimum atomic E-state index is -5.17. The van der Waals surface area contributed by atoms with Gasteiger partial charge in [0, 0.05) is 33.6 Å². The summed E-state index contributed by atoms with van der Waals surface area (Å²) < 4.78 is 34.1. The molecule has 0 spiro atoms. The van der Waals surface area contributed by atoms with Crippen molar-refractivity contribution in [3.05, 3.63) is 79.1 Å². The second kappa shape index (κ2) is 14.3. The second-order valence-electron chi connectivity index (χ2n) is 4.96. The first kappa shape index (κ1) is 28.2. The summed E-state index contributed by atoms with van der Waals surface area (Å²) in [6.07, 6.45) is 3.48. The maximum Gasteiger partial charge on any atom is 1.00 e. The molecule has 28 heavy (non-hydrogen) atoms. The van der Waals surface area contributed by atoms with E-state index in [1.807, 2.05) is 48.7 Å². The van der Waals surface area contributed by atoms with Gasteiger partial charge in [0.05, 0.1) is 5.52 Å². The van der Waals surface area contributed by atoms with Crippen LogP contribution in [0.4, 0.5) is 0 Å². The van der Waals surface area contributed by atoms with Gasteiger partial charge in [-0.25, -0.2) is 0 Å². The molecule has 1 N–H and O–H groups in total. The van der Waals surface area contributed by atoms with E-state index in [0.717, 1.165) is 10.9 Å². The molecule has 0 radical (unpaired) electrons. The van der Waals surface area contributed by atoms with E-state index in [9.17, 15) is 5.11 Å². The molecule has 0 aliphatic heterocycles. The Morgan fingerprint density at radius 3 is 1.82 bits per heavy atom. The van der Waals surface area contributed by atoms with Crippen molar-refractivity contribution >= 4 is 32.2 Å². The largest absolute Gasteiger partial charge is 1.00 e. The maximum atomic E-state index is 9.31. The Balaban J connectivity index is 0.000000403. The predicted molar refractivity (Wildman–Crippen MR) is 95.6 cm³/mol. The molecular weight excluding hydrogens is 434 g/mol. The molecule has 4 rings (SSSR count). The maximum absolute atomic E-state index is 9.31. The molecule has 0 saturated heterocycles. The number of nitrogens with zero attached hydrogens (tertiary/aromatic N) is 2. The van der Waals surface area contributed by atoms with Crippen LogP contribution < -0.4 is 103 Å². The fraction of sp³-hybridized carbons (Fsp3) is 0. The van der Waals surface area contributed by atoms with E-state index in [-0.39, 0.29) is 109 Å². The zero-order valence-corrected chi connectivity index (χ0v) is 22.5. The zero-order chi connectivity index (χ0) is 19.0. The van der Waals surface area contributed by atoms with Crippen molar-refractivity contribution < 1.29 is 125 Å². The number of aromatic nitrogens is 2. The van der Waals surface area contributed by atoms with Crippen LogP contribution in [0.1, 0.15) is 0 Å². The molecule has 0 fully saturated rings. The standard InChI is InChI=1S/C9H7NO.C9H7N.2K.H2O4S/c11-8-5-1-3-7-4-2-6-10-9(7)8;1-2-6-9-8(4-1)5-3-7-10-9;;;1-5(2,3)4/h1-6,11H;1-7H;;;(H2,1,2,3,4)/q;;2*+1;/p-2. The molecule has 134 valence electrons. The molecule has 10 heteroatoms. The third kappa shape index (κ3) is 10.8. The quantitative estimate of drug-likeness (QED) is 0.171. The predicted octanol–water partition coefficient (Wildman–Crippen LogP) is -3.15. The van der Waals surface area contributed by atoms with Gasteiger partial charge < -0.3 is 14.2 Å². The Morgan fingerprint density at radius 1 is 0.714 bits per heavy atom. The van der Waals surface area contributed by atoms with Gasteiger partial charge in [-0.3, -0.25) is 18.4 Å². The van der Waals surface area contributed by atoms with Crippen molar-refractivity contribution in [1.29, 1.82) is 0 Å². The van der Waals surface area contributed by atoms with Crippen molar-refractivity contribution in [3.8, 4) is 5.75 Å². The van der Waals surface area contributed by atoms with Crippen molar-refractivity contribution in [2.24, 2.45) is 0 Å². The molecular formula is C18H14K2N2O5S. The molecule has 0 atom stereocenters. The summed E-state index contributed by atoms with van der Waals surface area (Å²) in [6.45, 7) is 0. The van der Waals surface area contributed by atoms with Crippen LogP contribution in [0.5, 0.6) is 5.75 Å². The minimum absolute atomic E-state index is 0. The molecule has 0 bridgehead atoms. The van der Waals surface area contributed by atoms with Crippen LogP contribution in [0.2, 0.25) is 0 Å². The fourth-order valence-corrected chi connectivity index (χ4v) is 2.10. The van der Waals surface area contributed by atoms with Crippen LogP contribution in [-0.4, -0.2) is 32.6 Å². The third-order valence-electron chi connectivity index (χ3n) is 3.12. The Morgan fingerprint density at radius 2 is 1.21 bits per heavy atom. The Kier molecular flexibility index (Phi) is 14.4. The third-order valence-corrected chi connectivity index (χ3v) is 3.12. The summed E-state index contributed by atoms with van der Waals surface area (Å²) in [7, 11) is -5.17. The zero-order valence-electron chi connectivity index (χ0n) is 15.4.